The van der Waals surface area contributed by atoms with Gasteiger partial charge in [0.05, 0.1) is 6.07 Å². The fourth-order valence-corrected chi connectivity index (χ4v) is 1.04. The van der Waals surface area contributed by atoms with Gasteiger partial charge < -0.3 is 0 Å². The Bertz CT molecular complexity index is 341. The lowest BCUT2D eigenvalue weighted by atomic mass is 10.1. The lowest BCUT2D eigenvalue weighted by Gasteiger charge is -1.93. The van der Waals surface area contributed by atoms with Crippen molar-refractivity contribution in [3.05, 3.63) is 54.1 Å². The molecule has 1 aromatic carbocycles. The molecule has 0 bridgehead atoms. The van der Waals surface area contributed by atoms with Crippen LogP contribution in [-0.2, 0) is 0 Å². The Morgan fingerprint density at radius 1 is 1.38 bits per heavy atom. The average molecular weight is 169 g/mol. The van der Waals surface area contributed by atoms with E-state index in [2.05, 4.69) is 12.6 Å². The van der Waals surface area contributed by atoms with Crippen LogP contribution in [0.2, 0.25) is 0 Å². The van der Waals surface area contributed by atoms with Crippen LogP contribution in [0.1, 0.15) is 12.0 Å². The zero-order valence-corrected chi connectivity index (χ0v) is 7.40. The number of hydrogen-bond donors (Lipinski definition) is 0. The number of nitrogens with zero attached hydrogens (tertiary/aromatic N) is 1. The van der Waals surface area contributed by atoms with Crippen molar-refractivity contribution < 1.29 is 0 Å². The van der Waals surface area contributed by atoms with Gasteiger partial charge in [0.2, 0.25) is 0 Å². The van der Waals surface area contributed by atoms with Gasteiger partial charge in [0.15, 0.2) is 0 Å². The van der Waals surface area contributed by atoms with Gasteiger partial charge in [-0.05, 0) is 11.6 Å². The first kappa shape index (κ1) is 9.28. The highest BCUT2D eigenvalue weighted by Crippen LogP contribution is 2.08. The zero-order chi connectivity index (χ0) is 9.52. The molecular weight excluding hydrogens is 158 g/mol. The van der Waals surface area contributed by atoms with Gasteiger partial charge in [-0.2, -0.15) is 5.26 Å². The molecule has 0 aliphatic carbocycles. The van der Waals surface area contributed by atoms with Gasteiger partial charge in [-0.25, -0.2) is 0 Å². The van der Waals surface area contributed by atoms with Gasteiger partial charge in [-0.3, -0.25) is 0 Å². The molecule has 13 heavy (non-hydrogen) atoms. The smallest absolute Gasteiger partial charge is 0.0950 e. The summed E-state index contributed by atoms with van der Waals surface area (Å²) in [4.78, 5) is 0. The maximum atomic E-state index is 8.75. The molecule has 1 nitrogen and oxygen atoms in total. The molecule has 0 aliphatic heterocycles. The topological polar surface area (TPSA) is 23.8 Å². The van der Waals surface area contributed by atoms with Crippen LogP contribution in [0.5, 0.6) is 0 Å². The molecule has 0 atom stereocenters. The second-order valence-corrected chi connectivity index (χ2v) is 2.68. The fraction of sp³-hybridized carbons (Fsp3) is 0.0833. The predicted molar refractivity (Wildman–Crippen MR) is 54.8 cm³/mol. The van der Waals surface area contributed by atoms with Crippen molar-refractivity contribution in [2.45, 2.75) is 6.42 Å². The van der Waals surface area contributed by atoms with E-state index in [1.54, 1.807) is 6.08 Å². The predicted octanol–water partition coefficient (Wildman–Crippen LogP) is 3.17. The third kappa shape index (κ3) is 2.96. The number of allylic oxidation sites excluding steroid dienone is 2. The molecule has 1 heteroatoms. The highest BCUT2D eigenvalue weighted by Gasteiger charge is 1.91. The van der Waals surface area contributed by atoms with Crippen molar-refractivity contribution in [2.75, 3.05) is 0 Å². The third-order valence-electron chi connectivity index (χ3n) is 1.65. The summed E-state index contributed by atoms with van der Waals surface area (Å²) in [6.07, 6.45) is 4.24. The van der Waals surface area contributed by atoms with Crippen molar-refractivity contribution in [2.24, 2.45) is 0 Å². The quantitative estimate of drug-likeness (QED) is 0.503. The van der Waals surface area contributed by atoms with Crippen LogP contribution >= 0.6 is 0 Å². The lowest BCUT2D eigenvalue weighted by Crippen LogP contribution is -1.76. The zero-order valence-electron chi connectivity index (χ0n) is 7.40. The molecule has 0 saturated heterocycles. The minimum atomic E-state index is 0.630. The molecule has 0 heterocycles. The Morgan fingerprint density at radius 2 is 2.08 bits per heavy atom. The molecule has 0 spiro atoms. The van der Waals surface area contributed by atoms with E-state index in [0.717, 1.165) is 11.1 Å². The monoisotopic (exact) mass is 169 g/mol. The Labute approximate surface area is 78.6 Å². The highest BCUT2D eigenvalue weighted by atomic mass is 14.2. The van der Waals surface area contributed by atoms with E-state index in [0.29, 0.717) is 6.42 Å². The summed E-state index contributed by atoms with van der Waals surface area (Å²) in [7, 11) is 0. The Kier molecular flexibility index (Phi) is 3.53. The standard InChI is InChI=1S/C12H11N/c1-2-6-12(10-13)9-11-7-4-3-5-8-11/h2-5,7-9H,1,6H2/b12-9-. The maximum Gasteiger partial charge on any atom is 0.0950 e. The van der Waals surface area contributed by atoms with Crippen LogP contribution in [0.3, 0.4) is 0 Å². The summed E-state index contributed by atoms with van der Waals surface area (Å²) in [5, 5.41) is 8.75. The minimum absolute atomic E-state index is 0.630. The van der Waals surface area contributed by atoms with E-state index < -0.39 is 0 Å². The van der Waals surface area contributed by atoms with Crippen molar-refractivity contribution in [3.63, 3.8) is 0 Å². The molecular formula is C12H11N. The largest absolute Gasteiger partial charge is 0.193 e. The summed E-state index contributed by atoms with van der Waals surface area (Å²) in [5.41, 5.74) is 1.79. The SMILES string of the molecule is C=CC/C(C#N)=C/c1ccccc1. The van der Waals surface area contributed by atoms with Crippen molar-refractivity contribution in [1.29, 1.82) is 5.26 Å². The first-order chi connectivity index (χ1) is 6.36. The Balaban J connectivity index is 2.86. The minimum Gasteiger partial charge on any atom is -0.193 e. The molecule has 0 amide bonds. The number of benzene rings is 1. The normalized spacial score (nSPS) is 10.5. The van der Waals surface area contributed by atoms with E-state index in [4.69, 9.17) is 5.26 Å². The Hall–Kier alpha value is -1.81. The molecule has 0 radical (unpaired) electrons. The highest BCUT2D eigenvalue weighted by molar-refractivity contribution is 5.57. The van der Waals surface area contributed by atoms with Crippen LogP contribution in [0.25, 0.3) is 6.08 Å². The van der Waals surface area contributed by atoms with Crippen molar-refractivity contribution >= 4 is 6.08 Å². The van der Waals surface area contributed by atoms with Crippen LogP contribution in [0, 0.1) is 11.3 Å². The van der Waals surface area contributed by atoms with Crippen molar-refractivity contribution in [1.82, 2.24) is 0 Å². The second kappa shape index (κ2) is 4.95. The van der Waals surface area contributed by atoms with E-state index in [-0.39, 0.29) is 0 Å². The Morgan fingerprint density at radius 3 is 2.62 bits per heavy atom. The number of rotatable bonds is 3. The van der Waals surface area contributed by atoms with Gasteiger partial charge in [-0.1, -0.05) is 36.4 Å². The molecule has 64 valence electrons. The molecule has 0 unspecified atom stereocenters. The summed E-state index contributed by atoms with van der Waals surface area (Å²) < 4.78 is 0. The molecule has 1 rings (SSSR count). The summed E-state index contributed by atoms with van der Waals surface area (Å²) in [5.74, 6) is 0. The van der Waals surface area contributed by atoms with E-state index >= 15 is 0 Å². The van der Waals surface area contributed by atoms with Crippen LogP contribution in [0.4, 0.5) is 0 Å². The fourth-order valence-electron chi connectivity index (χ4n) is 1.04. The second-order valence-electron chi connectivity index (χ2n) is 2.68. The van der Waals surface area contributed by atoms with E-state index in [1.165, 1.54) is 0 Å². The first-order valence-electron chi connectivity index (χ1n) is 4.13. The molecule has 0 N–H and O–H groups in total. The molecule has 0 aromatic heterocycles. The van der Waals surface area contributed by atoms with E-state index in [9.17, 15) is 0 Å². The van der Waals surface area contributed by atoms with Gasteiger partial charge in [0.25, 0.3) is 0 Å². The molecule has 0 aliphatic rings. The van der Waals surface area contributed by atoms with Crippen LogP contribution < -0.4 is 0 Å². The first-order valence-corrected chi connectivity index (χ1v) is 4.13. The van der Waals surface area contributed by atoms with Gasteiger partial charge in [-0.15, -0.1) is 6.58 Å². The molecule has 1 aromatic rings. The number of nitriles is 1. The summed E-state index contributed by atoms with van der Waals surface area (Å²) >= 11 is 0. The lowest BCUT2D eigenvalue weighted by molar-refractivity contribution is 1.30. The van der Waals surface area contributed by atoms with Crippen LogP contribution in [-0.4, -0.2) is 0 Å². The van der Waals surface area contributed by atoms with Gasteiger partial charge >= 0.3 is 0 Å². The van der Waals surface area contributed by atoms with E-state index in [1.807, 2.05) is 36.4 Å². The van der Waals surface area contributed by atoms with Gasteiger partial charge in [0.1, 0.15) is 0 Å². The summed E-state index contributed by atoms with van der Waals surface area (Å²) in [6, 6.07) is 11.9. The van der Waals surface area contributed by atoms with Crippen molar-refractivity contribution in [3.8, 4) is 6.07 Å². The number of hydrogen-bond acceptors (Lipinski definition) is 1. The molecule has 0 saturated carbocycles. The maximum absolute atomic E-state index is 8.75. The molecule has 0 fully saturated rings. The summed E-state index contributed by atoms with van der Waals surface area (Å²) in [6.45, 7) is 3.60. The average Bonchev–Trinajstić information content (AvgIpc) is 2.19. The van der Waals surface area contributed by atoms with Gasteiger partial charge in [0, 0.05) is 12.0 Å². The van der Waals surface area contributed by atoms with Crippen LogP contribution in [0.15, 0.2) is 48.6 Å². The third-order valence-corrected chi connectivity index (χ3v) is 1.65.